The molecule has 0 aromatic heterocycles. The molecule has 1 N–H and O–H groups in total. The smallest absolute Gasteiger partial charge is 0.00901 e. The lowest BCUT2D eigenvalue weighted by Gasteiger charge is -2.32. The van der Waals surface area contributed by atoms with Crippen molar-refractivity contribution in [2.24, 2.45) is 5.92 Å². The molecule has 0 amide bonds. The summed E-state index contributed by atoms with van der Waals surface area (Å²) < 4.78 is 0. The lowest BCUT2D eigenvalue weighted by atomic mass is 10.1. The second-order valence-electron chi connectivity index (χ2n) is 5.94. The predicted octanol–water partition coefficient (Wildman–Crippen LogP) is 3.28. The number of hydrogen-bond donors (Lipinski definition) is 1. The third kappa shape index (κ3) is 5.39. The van der Waals surface area contributed by atoms with Gasteiger partial charge in [-0.15, -0.1) is 0 Å². The van der Waals surface area contributed by atoms with E-state index in [-0.39, 0.29) is 0 Å². The zero-order valence-corrected chi connectivity index (χ0v) is 12.3. The fourth-order valence-electron chi connectivity index (χ4n) is 3.02. The molecule has 1 rings (SSSR count). The molecule has 1 saturated heterocycles. The fourth-order valence-corrected chi connectivity index (χ4v) is 3.02. The number of rotatable bonds is 8. The molecule has 0 aliphatic carbocycles. The summed E-state index contributed by atoms with van der Waals surface area (Å²) >= 11 is 0. The van der Waals surface area contributed by atoms with Crippen molar-refractivity contribution >= 4 is 0 Å². The molecule has 1 aliphatic heterocycles. The van der Waals surface area contributed by atoms with Crippen LogP contribution in [0.3, 0.4) is 0 Å². The summed E-state index contributed by atoms with van der Waals surface area (Å²) in [7, 11) is 0. The second kappa shape index (κ2) is 8.10. The highest BCUT2D eigenvalue weighted by molar-refractivity contribution is 4.78. The molecule has 1 heterocycles. The van der Waals surface area contributed by atoms with Gasteiger partial charge < -0.3 is 10.2 Å². The third-order valence-corrected chi connectivity index (χ3v) is 3.99. The molecule has 1 atom stereocenters. The Hall–Kier alpha value is -0.0800. The van der Waals surface area contributed by atoms with Gasteiger partial charge >= 0.3 is 0 Å². The third-order valence-electron chi connectivity index (χ3n) is 3.99. The molecular formula is C15H32N2. The van der Waals surface area contributed by atoms with E-state index in [2.05, 4.69) is 37.9 Å². The Morgan fingerprint density at radius 3 is 2.41 bits per heavy atom. The summed E-state index contributed by atoms with van der Waals surface area (Å²) in [5, 5.41) is 3.61. The van der Waals surface area contributed by atoms with E-state index in [9.17, 15) is 0 Å². The topological polar surface area (TPSA) is 15.3 Å². The molecule has 0 aromatic carbocycles. The Balaban J connectivity index is 2.38. The van der Waals surface area contributed by atoms with Crippen LogP contribution < -0.4 is 5.32 Å². The minimum absolute atomic E-state index is 0.784. The van der Waals surface area contributed by atoms with Crippen molar-refractivity contribution in [2.45, 2.75) is 71.9 Å². The van der Waals surface area contributed by atoms with Crippen LogP contribution in [0.25, 0.3) is 0 Å². The van der Waals surface area contributed by atoms with Crippen LogP contribution in [0, 0.1) is 5.92 Å². The number of hydrogen-bond acceptors (Lipinski definition) is 2. The normalized spacial score (nSPS) is 21.0. The van der Waals surface area contributed by atoms with Crippen LogP contribution in [0.4, 0.5) is 0 Å². The maximum absolute atomic E-state index is 3.61. The van der Waals surface area contributed by atoms with Crippen LogP contribution in [0.15, 0.2) is 0 Å². The molecular weight excluding hydrogens is 208 g/mol. The Labute approximate surface area is 108 Å². The first kappa shape index (κ1) is 15.0. The SMILES string of the molecule is CCC(CC)N(CCC1CCCN1)CC(C)C. The van der Waals surface area contributed by atoms with Gasteiger partial charge in [-0.05, 0) is 51.1 Å². The van der Waals surface area contributed by atoms with Crippen molar-refractivity contribution in [1.82, 2.24) is 10.2 Å². The van der Waals surface area contributed by atoms with E-state index < -0.39 is 0 Å². The second-order valence-corrected chi connectivity index (χ2v) is 5.94. The van der Waals surface area contributed by atoms with Crippen LogP contribution in [0.1, 0.15) is 59.8 Å². The zero-order valence-electron chi connectivity index (χ0n) is 12.3. The Morgan fingerprint density at radius 2 is 1.94 bits per heavy atom. The lowest BCUT2D eigenvalue weighted by Crippen LogP contribution is -2.40. The van der Waals surface area contributed by atoms with E-state index in [0.717, 1.165) is 18.0 Å². The first-order valence-corrected chi connectivity index (χ1v) is 7.64. The average Bonchev–Trinajstić information content (AvgIpc) is 2.79. The summed E-state index contributed by atoms with van der Waals surface area (Å²) in [6, 6.07) is 1.58. The average molecular weight is 240 g/mol. The molecule has 0 aromatic rings. The first-order valence-electron chi connectivity index (χ1n) is 7.64. The first-order chi connectivity index (χ1) is 8.17. The molecule has 0 saturated carbocycles. The Bertz CT molecular complexity index is 181. The van der Waals surface area contributed by atoms with E-state index in [1.54, 1.807) is 0 Å². The van der Waals surface area contributed by atoms with Crippen LogP contribution in [-0.4, -0.2) is 36.6 Å². The lowest BCUT2D eigenvalue weighted by molar-refractivity contribution is 0.159. The van der Waals surface area contributed by atoms with Gasteiger partial charge in [0, 0.05) is 18.6 Å². The minimum Gasteiger partial charge on any atom is -0.314 e. The predicted molar refractivity (Wildman–Crippen MR) is 76.4 cm³/mol. The Morgan fingerprint density at radius 1 is 1.24 bits per heavy atom. The van der Waals surface area contributed by atoms with Crippen molar-refractivity contribution in [3.05, 3.63) is 0 Å². The monoisotopic (exact) mass is 240 g/mol. The molecule has 17 heavy (non-hydrogen) atoms. The summed E-state index contributed by atoms with van der Waals surface area (Å²) in [5.41, 5.74) is 0. The van der Waals surface area contributed by atoms with Crippen LogP contribution in [0.5, 0.6) is 0 Å². The van der Waals surface area contributed by atoms with E-state index >= 15 is 0 Å². The van der Waals surface area contributed by atoms with Crippen molar-refractivity contribution in [2.75, 3.05) is 19.6 Å². The van der Waals surface area contributed by atoms with Gasteiger partial charge in [0.25, 0.3) is 0 Å². The van der Waals surface area contributed by atoms with E-state index in [0.29, 0.717) is 0 Å². The number of nitrogens with zero attached hydrogens (tertiary/aromatic N) is 1. The van der Waals surface area contributed by atoms with Gasteiger partial charge in [-0.1, -0.05) is 27.7 Å². The van der Waals surface area contributed by atoms with Crippen molar-refractivity contribution < 1.29 is 0 Å². The van der Waals surface area contributed by atoms with Gasteiger partial charge in [-0.3, -0.25) is 0 Å². The van der Waals surface area contributed by atoms with Crippen LogP contribution in [0.2, 0.25) is 0 Å². The van der Waals surface area contributed by atoms with Gasteiger partial charge in [0.2, 0.25) is 0 Å². The van der Waals surface area contributed by atoms with Gasteiger partial charge in [-0.2, -0.15) is 0 Å². The highest BCUT2D eigenvalue weighted by atomic mass is 15.2. The summed E-state index contributed by atoms with van der Waals surface area (Å²) in [6.45, 7) is 13.1. The molecule has 1 unspecified atom stereocenters. The largest absolute Gasteiger partial charge is 0.314 e. The van der Waals surface area contributed by atoms with E-state index in [1.807, 2.05) is 0 Å². The maximum Gasteiger partial charge on any atom is 0.00901 e. The van der Waals surface area contributed by atoms with Crippen molar-refractivity contribution in [3.8, 4) is 0 Å². The van der Waals surface area contributed by atoms with Gasteiger partial charge in [0.1, 0.15) is 0 Å². The minimum atomic E-state index is 0.784. The van der Waals surface area contributed by atoms with Gasteiger partial charge in [0.15, 0.2) is 0 Å². The molecule has 0 radical (unpaired) electrons. The van der Waals surface area contributed by atoms with Gasteiger partial charge in [-0.25, -0.2) is 0 Å². The summed E-state index contributed by atoms with van der Waals surface area (Å²) in [4.78, 5) is 2.73. The van der Waals surface area contributed by atoms with Crippen molar-refractivity contribution in [3.63, 3.8) is 0 Å². The molecule has 2 nitrogen and oxygen atoms in total. The highest BCUT2D eigenvalue weighted by Crippen LogP contribution is 2.15. The van der Waals surface area contributed by atoms with Crippen molar-refractivity contribution in [1.29, 1.82) is 0 Å². The summed E-state index contributed by atoms with van der Waals surface area (Å²) in [6.07, 6.45) is 6.68. The van der Waals surface area contributed by atoms with Crippen LogP contribution >= 0.6 is 0 Å². The quantitative estimate of drug-likeness (QED) is 0.700. The van der Waals surface area contributed by atoms with E-state index in [4.69, 9.17) is 0 Å². The number of nitrogens with one attached hydrogen (secondary N) is 1. The molecule has 1 fully saturated rings. The molecule has 0 bridgehead atoms. The fraction of sp³-hybridized carbons (Fsp3) is 1.00. The summed E-state index contributed by atoms with van der Waals surface area (Å²) in [5.74, 6) is 0.784. The molecule has 102 valence electrons. The highest BCUT2D eigenvalue weighted by Gasteiger charge is 2.19. The molecule has 2 heteroatoms. The van der Waals surface area contributed by atoms with Crippen LogP contribution in [-0.2, 0) is 0 Å². The molecule has 1 aliphatic rings. The maximum atomic E-state index is 3.61. The zero-order chi connectivity index (χ0) is 12.7. The molecule has 0 spiro atoms. The van der Waals surface area contributed by atoms with E-state index in [1.165, 1.54) is 51.7 Å². The standard InChI is InChI=1S/C15H32N2/c1-5-15(6-2)17(12-13(3)4)11-9-14-8-7-10-16-14/h13-16H,5-12H2,1-4H3. The van der Waals surface area contributed by atoms with Gasteiger partial charge in [0.05, 0.1) is 0 Å². The Kier molecular flexibility index (Phi) is 7.14.